The summed E-state index contributed by atoms with van der Waals surface area (Å²) in [5.41, 5.74) is 4.38. The third-order valence-corrected chi connectivity index (χ3v) is 2.59. The van der Waals surface area contributed by atoms with Crippen molar-refractivity contribution in [1.82, 2.24) is 4.98 Å². The van der Waals surface area contributed by atoms with Gasteiger partial charge in [0, 0.05) is 0 Å². The molecule has 0 atom stereocenters. The maximum atomic E-state index is 13.6. The Bertz CT molecular complexity index is 577. The number of hydrogen-bond donors (Lipinski definition) is 1. The van der Waals surface area contributed by atoms with Gasteiger partial charge in [0.25, 0.3) is 0 Å². The smallest absolute Gasteiger partial charge is 0.363 e. The maximum absolute atomic E-state index is 13.6. The molecule has 1 rings (SSSR count). The van der Waals surface area contributed by atoms with Crippen LogP contribution in [0, 0.1) is 5.13 Å². The summed E-state index contributed by atoms with van der Waals surface area (Å²) in [4.78, 5) is 30.9. The quantitative estimate of drug-likeness (QED) is 0.235. The molecule has 0 saturated heterocycles. The minimum Gasteiger partial charge on any atom is -0.541 e. The Balaban J connectivity index is 2.96. The first-order chi connectivity index (χ1) is 9.99. The van der Waals surface area contributed by atoms with Crippen LogP contribution in [0.15, 0.2) is 17.8 Å². The number of ether oxygens (including phenoxy) is 1. The lowest BCUT2D eigenvalue weighted by Gasteiger charge is -2.04. The number of carbonyl (C=O) groups is 2. The van der Waals surface area contributed by atoms with Crippen LogP contribution in [0.2, 0.25) is 0 Å². The molecule has 0 bridgehead atoms. The second kappa shape index (κ2) is 7.99. The fourth-order valence-corrected chi connectivity index (χ4v) is 1.61. The minimum atomic E-state index is -0.996. The van der Waals surface area contributed by atoms with Crippen molar-refractivity contribution in [3.05, 3.63) is 23.5 Å². The molecule has 1 aromatic rings. The summed E-state index contributed by atoms with van der Waals surface area (Å²) in [5, 5.41) is 2.44. The zero-order valence-corrected chi connectivity index (χ0v) is 11.8. The molecular weight excluding hydrogens is 304 g/mol. The summed E-state index contributed by atoms with van der Waals surface area (Å²) < 4.78 is 22.7. The van der Waals surface area contributed by atoms with Crippen LogP contribution in [0.25, 0.3) is 0 Å². The van der Waals surface area contributed by atoms with Gasteiger partial charge in [0.1, 0.15) is 12.3 Å². The summed E-state index contributed by atoms with van der Waals surface area (Å²) in [7, 11) is 1.15. The van der Waals surface area contributed by atoms with E-state index in [0.717, 1.165) is 8.05 Å². The average Bonchev–Trinajstić information content (AvgIpc) is 2.79. The second-order valence-electron chi connectivity index (χ2n) is 3.35. The van der Waals surface area contributed by atoms with Gasteiger partial charge in [-0.1, -0.05) is 29.1 Å². The Labute approximate surface area is 123 Å². The molecule has 11 heteroatoms. The van der Waals surface area contributed by atoms with Crippen LogP contribution in [-0.2, 0) is 23.8 Å². The number of carbonyl (C=O) groups excluding carboxylic acids is 2. The molecule has 8 nitrogen and oxygen atoms in total. The molecule has 1 heterocycles. The molecule has 1 aromatic heterocycles. The number of esters is 1. The van der Waals surface area contributed by atoms with E-state index in [1.807, 2.05) is 0 Å². The molecule has 0 aliphatic carbocycles. The molecule has 2 N–H and O–H groups in total. The van der Waals surface area contributed by atoms with Crippen LogP contribution in [0.1, 0.15) is 5.69 Å². The summed E-state index contributed by atoms with van der Waals surface area (Å²) in [6, 6.07) is 0. The van der Waals surface area contributed by atoms with E-state index in [4.69, 9.17) is 10.5 Å². The predicted octanol–water partition coefficient (Wildman–Crippen LogP) is -0.594. The summed E-state index contributed by atoms with van der Waals surface area (Å²) in [6.07, 6.45) is 1.32. The topological polar surface area (TPSA) is 113 Å². The highest BCUT2D eigenvalue weighted by atomic mass is 32.1. The third kappa shape index (κ3) is 4.87. The lowest BCUT2D eigenvalue weighted by Crippen LogP contribution is -2.21. The van der Waals surface area contributed by atoms with Crippen LogP contribution in [-0.4, -0.2) is 43.9 Å². The van der Waals surface area contributed by atoms with Gasteiger partial charge in [-0.05, 0) is 0 Å². The average molecular weight is 315 g/mol. The molecule has 0 saturated carbocycles. The van der Waals surface area contributed by atoms with Gasteiger partial charge in [-0.3, -0.25) is 0 Å². The lowest BCUT2D eigenvalue weighted by molar-refractivity contribution is -0.140. The Morgan fingerprint density at radius 1 is 1.57 bits per heavy atom. The van der Waals surface area contributed by atoms with Crippen LogP contribution in [0.5, 0.6) is 0 Å². The zero-order chi connectivity index (χ0) is 15.8. The standard InChI is InChI=1S/C10H11BFN3O5S/c1-2-3-18-9(17)7(15-19-4-5(16)20-11)6-8(12)21-10(13)14-6/h2H,1,3-4,11H2,(H2,13,14)/b15-7-. The number of anilines is 1. The van der Waals surface area contributed by atoms with E-state index in [0.29, 0.717) is 11.3 Å². The molecule has 21 heavy (non-hydrogen) atoms. The van der Waals surface area contributed by atoms with Crippen molar-refractivity contribution in [2.75, 3.05) is 18.9 Å². The van der Waals surface area contributed by atoms with Gasteiger partial charge in [0.15, 0.2) is 5.13 Å². The van der Waals surface area contributed by atoms with Crippen molar-refractivity contribution in [2.24, 2.45) is 5.16 Å². The number of rotatable bonds is 7. The molecule has 0 aromatic carbocycles. The van der Waals surface area contributed by atoms with E-state index in [9.17, 15) is 14.0 Å². The molecule has 0 aliphatic heterocycles. The van der Waals surface area contributed by atoms with Crippen LogP contribution >= 0.6 is 11.3 Å². The molecule has 0 fully saturated rings. The first kappa shape index (κ1) is 16.6. The number of thiazole rings is 1. The molecule has 112 valence electrons. The number of halogens is 1. The Morgan fingerprint density at radius 3 is 2.81 bits per heavy atom. The van der Waals surface area contributed by atoms with Gasteiger partial charge >= 0.3 is 20.0 Å². The van der Waals surface area contributed by atoms with Gasteiger partial charge in [-0.15, -0.1) is 0 Å². The Hall–Kier alpha value is -2.43. The van der Waals surface area contributed by atoms with Gasteiger partial charge in [0.05, 0.1) is 0 Å². The van der Waals surface area contributed by atoms with Crippen molar-refractivity contribution >= 4 is 42.2 Å². The highest BCUT2D eigenvalue weighted by Crippen LogP contribution is 2.19. The SMILES string of the molecule is BOC(=O)CO/N=C(\C(=O)OCC=C)c1nc(N)sc1F. The molecule has 0 unspecified atom stereocenters. The zero-order valence-electron chi connectivity index (χ0n) is 11.0. The van der Waals surface area contributed by atoms with Crippen LogP contribution in [0.4, 0.5) is 9.52 Å². The van der Waals surface area contributed by atoms with Gasteiger partial charge in [-0.25, -0.2) is 14.6 Å². The van der Waals surface area contributed by atoms with Crippen molar-refractivity contribution < 1.29 is 28.2 Å². The van der Waals surface area contributed by atoms with Crippen molar-refractivity contribution in [3.63, 3.8) is 0 Å². The van der Waals surface area contributed by atoms with Gasteiger partial charge in [0.2, 0.25) is 17.4 Å². The highest BCUT2D eigenvalue weighted by molar-refractivity contribution is 7.14. The van der Waals surface area contributed by atoms with Crippen LogP contribution in [0.3, 0.4) is 0 Å². The number of nitrogens with two attached hydrogens (primary N) is 1. The maximum Gasteiger partial charge on any atom is 0.363 e. The van der Waals surface area contributed by atoms with E-state index in [1.165, 1.54) is 6.08 Å². The van der Waals surface area contributed by atoms with E-state index in [2.05, 4.69) is 26.2 Å². The van der Waals surface area contributed by atoms with Crippen LogP contribution < -0.4 is 5.73 Å². The molecule has 0 spiro atoms. The number of oxime groups is 1. The predicted molar refractivity (Wildman–Crippen MR) is 74.8 cm³/mol. The first-order valence-corrected chi connectivity index (χ1v) is 6.28. The molecule has 0 radical (unpaired) electrons. The molecular formula is C10H11BFN3O5S. The fourth-order valence-electron chi connectivity index (χ4n) is 1.05. The largest absolute Gasteiger partial charge is 0.541 e. The number of aromatic nitrogens is 1. The molecule has 0 amide bonds. The summed E-state index contributed by atoms with van der Waals surface area (Å²) in [5.74, 6) is -1.72. The third-order valence-electron chi connectivity index (χ3n) is 1.92. The fraction of sp³-hybridized carbons (Fsp3) is 0.200. The van der Waals surface area contributed by atoms with E-state index >= 15 is 0 Å². The van der Waals surface area contributed by atoms with Crippen molar-refractivity contribution in [2.45, 2.75) is 0 Å². The van der Waals surface area contributed by atoms with E-state index in [-0.39, 0.29) is 11.7 Å². The number of hydrogen-bond acceptors (Lipinski definition) is 9. The lowest BCUT2D eigenvalue weighted by atomic mass is 10.3. The Morgan fingerprint density at radius 2 is 2.29 bits per heavy atom. The minimum absolute atomic E-state index is 0.0975. The number of nitrogens with zero attached hydrogens (tertiary/aromatic N) is 2. The highest BCUT2D eigenvalue weighted by Gasteiger charge is 2.24. The Kier molecular flexibility index (Phi) is 6.33. The normalized spacial score (nSPS) is 10.8. The van der Waals surface area contributed by atoms with Gasteiger partial charge in [-0.2, -0.15) is 4.39 Å². The van der Waals surface area contributed by atoms with Crippen molar-refractivity contribution in [3.8, 4) is 0 Å². The molecule has 0 aliphatic rings. The van der Waals surface area contributed by atoms with E-state index < -0.39 is 35.1 Å². The number of nitrogen functional groups attached to an aromatic ring is 1. The monoisotopic (exact) mass is 315 g/mol. The summed E-state index contributed by atoms with van der Waals surface area (Å²) >= 11 is 0.527. The van der Waals surface area contributed by atoms with Gasteiger partial charge < -0.3 is 20.0 Å². The van der Waals surface area contributed by atoms with E-state index in [1.54, 1.807) is 0 Å². The second-order valence-corrected chi connectivity index (χ2v) is 4.33. The summed E-state index contributed by atoms with van der Waals surface area (Å²) in [6.45, 7) is 2.69. The van der Waals surface area contributed by atoms with Crippen molar-refractivity contribution in [1.29, 1.82) is 0 Å². The first-order valence-electron chi connectivity index (χ1n) is 5.46.